The molecule has 0 bridgehead atoms. The minimum atomic E-state index is -4.81. The van der Waals surface area contributed by atoms with Gasteiger partial charge < -0.3 is 4.74 Å². The van der Waals surface area contributed by atoms with E-state index in [1.165, 1.54) is 15.4 Å². The van der Waals surface area contributed by atoms with Crippen molar-refractivity contribution in [3.63, 3.8) is 0 Å². The van der Waals surface area contributed by atoms with Gasteiger partial charge in [0.25, 0.3) is 0 Å². The van der Waals surface area contributed by atoms with Crippen molar-refractivity contribution < 1.29 is 26.3 Å². The second-order valence-electron chi connectivity index (χ2n) is 7.31. The van der Waals surface area contributed by atoms with Gasteiger partial charge in [-0.2, -0.15) is 4.31 Å². The average molecular weight is 426 g/mol. The largest absolute Gasteiger partial charge is 0.573 e. The van der Waals surface area contributed by atoms with E-state index in [0.717, 1.165) is 50.2 Å². The van der Waals surface area contributed by atoms with Crippen LogP contribution in [-0.2, 0) is 23.0 Å². The maximum absolute atomic E-state index is 12.9. The van der Waals surface area contributed by atoms with Crippen molar-refractivity contribution >= 4 is 10.0 Å². The molecule has 1 unspecified atom stereocenters. The van der Waals surface area contributed by atoms with Crippen molar-refractivity contribution in [1.82, 2.24) is 9.21 Å². The Morgan fingerprint density at radius 2 is 1.66 bits per heavy atom. The van der Waals surface area contributed by atoms with Crippen LogP contribution in [0.3, 0.4) is 0 Å². The van der Waals surface area contributed by atoms with E-state index in [4.69, 9.17) is 0 Å². The summed E-state index contributed by atoms with van der Waals surface area (Å²) in [5.74, 6) is -0.442. The second kappa shape index (κ2) is 7.62. The highest BCUT2D eigenvalue weighted by atomic mass is 32.2. The van der Waals surface area contributed by atoms with Gasteiger partial charge in [0.1, 0.15) is 5.75 Å². The molecule has 2 heterocycles. The van der Waals surface area contributed by atoms with E-state index < -0.39 is 22.1 Å². The molecule has 2 aliphatic heterocycles. The summed E-state index contributed by atoms with van der Waals surface area (Å²) in [5, 5.41) is 0. The van der Waals surface area contributed by atoms with Crippen LogP contribution in [0.25, 0.3) is 0 Å². The van der Waals surface area contributed by atoms with Gasteiger partial charge in [-0.15, -0.1) is 13.2 Å². The van der Waals surface area contributed by atoms with Crippen molar-refractivity contribution in [1.29, 1.82) is 0 Å². The number of nitrogens with zero attached hydrogens (tertiary/aromatic N) is 2. The quantitative estimate of drug-likeness (QED) is 0.752. The molecule has 0 amide bonds. The summed E-state index contributed by atoms with van der Waals surface area (Å²) in [4.78, 5) is 2.29. The van der Waals surface area contributed by atoms with E-state index in [0.29, 0.717) is 13.1 Å². The summed E-state index contributed by atoms with van der Waals surface area (Å²) in [6, 6.07) is 12.8. The lowest BCUT2D eigenvalue weighted by Crippen LogP contribution is -2.41. The number of benzene rings is 2. The minimum Gasteiger partial charge on any atom is -0.406 e. The third-order valence-electron chi connectivity index (χ3n) is 5.50. The number of fused-ring (bicyclic) bond motifs is 1. The normalized spacial score (nSPS) is 21.1. The van der Waals surface area contributed by atoms with Crippen molar-refractivity contribution in [3.8, 4) is 5.75 Å². The predicted octanol–water partition coefficient (Wildman–Crippen LogP) is 3.41. The lowest BCUT2D eigenvalue weighted by molar-refractivity contribution is -0.274. The van der Waals surface area contributed by atoms with E-state index in [1.807, 2.05) is 12.1 Å². The Kier molecular flexibility index (Phi) is 5.30. The third-order valence-corrected chi connectivity index (χ3v) is 7.38. The average Bonchev–Trinajstić information content (AvgIpc) is 3.18. The van der Waals surface area contributed by atoms with Gasteiger partial charge in [-0.25, -0.2) is 8.42 Å². The highest BCUT2D eigenvalue weighted by Gasteiger charge is 2.36. The molecule has 2 aromatic carbocycles. The number of hydrogen-bond acceptors (Lipinski definition) is 4. The summed E-state index contributed by atoms with van der Waals surface area (Å²) >= 11 is 0. The Morgan fingerprint density at radius 1 is 0.966 bits per heavy atom. The number of alkyl halides is 3. The van der Waals surface area contributed by atoms with Crippen LogP contribution in [0.1, 0.15) is 17.5 Å². The number of hydrogen-bond donors (Lipinski definition) is 0. The van der Waals surface area contributed by atoms with Crippen LogP contribution in [0.2, 0.25) is 0 Å². The summed E-state index contributed by atoms with van der Waals surface area (Å²) in [6.45, 7) is 2.47. The molecule has 0 aromatic heterocycles. The number of sulfonamides is 1. The molecule has 29 heavy (non-hydrogen) atoms. The lowest BCUT2D eigenvalue weighted by atomic mass is 9.98. The fourth-order valence-corrected chi connectivity index (χ4v) is 5.51. The van der Waals surface area contributed by atoms with Gasteiger partial charge in [0.2, 0.25) is 10.0 Å². The molecule has 0 radical (unpaired) electrons. The lowest BCUT2D eigenvalue weighted by Gasteiger charge is -2.33. The maximum Gasteiger partial charge on any atom is 0.573 e. The van der Waals surface area contributed by atoms with E-state index >= 15 is 0 Å². The number of halogens is 3. The summed E-state index contributed by atoms with van der Waals surface area (Å²) < 4.78 is 67.9. The Bertz CT molecular complexity index is 977. The second-order valence-corrected chi connectivity index (χ2v) is 9.25. The number of rotatable bonds is 4. The molecule has 4 rings (SSSR count). The Balaban J connectivity index is 1.43. The van der Waals surface area contributed by atoms with Crippen molar-refractivity contribution in [2.24, 2.45) is 0 Å². The van der Waals surface area contributed by atoms with Gasteiger partial charge in [-0.1, -0.05) is 24.3 Å². The van der Waals surface area contributed by atoms with Gasteiger partial charge in [-0.3, -0.25) is 4.90 Å². The molecule has 2 aromatic rings. The summed E-state index contributed by atoms with van der Waals surface area (Å²) in [7, 11) is -3.76. The molecule has 0 N–H and O–H groups in total. The molecule has 5 nitrogen and oxygen atoms in total. The van der Waals surface area contributed by atoms with Crippen LogP contribution in [-0.4, -0.2) is 49.7 Å². The fraction of sp³-hybridized carbons (Fsp3) is 0.400. The van der Waals surface area contributed by atoms with Crippen LogP contribution in [0.4, 0.5) is 13.2 Å². The Morgan fingerprint density at radius 3 is 2.34 bits per heavy atom. The first-order valence-electron chi connectivity index (χ1n) is 9.39. The third kappa shape index (κ3) is 4.41. The standard InChI is InChI=1S/C20H21F3N2O3S/c21-20(22,23)28-18-5-7-19(8-6-18)29(26,27)25-12-10-17(14-25)24-11-9-15-3-1-2-4-16(15)13-24/h1-8,17H,9-14H2. The van der Waals surface area contributed by atoms with Crippen LogP contribution < -0.4 is 4.74 Å². The van der Waals surface area contributed by atoms with E-state index in [2.05, 4.69) is 21.8 Å². The first kappa shape index (κ1) is 20.2. The van der Waals surface area contributed by atoms with Crippen LogP contribution in [0.5, 0.6) is 5.75 Å². The zero-order chi connectivity index (χ0) is 20.6. The maximum atomic E-state index is 12.9. The monoisotopic (exact) mass is 426 g/mol. The molecule has 156 valence electrons. The van der Waals surface area contributed by atoms with Crippen molar-refractivity contribution in [2.75, 3.05) is 19.6 Å². The molecule has 0 aliphatic carbocycles. The Hall–Kier alpha value is -2.10. The van der Waals surface area contributed by atoms with Crippen molar-refractivity contribution in [2.45, 2.75) is 36.7 Å². The first-order valence-corrected chi connectivity index (χ1v) is 10.8. The Labute approximate surface area is 167 Å². The molecular weight excluding hydrogens is 405 g/mol. The highest BCUT2D eigenvalue weighted by Crippen LogP contribution is 2.29. The minimum absolute atomic E-state index is 0.0309. The van der Waals surface area contributed by atoms with Crippen LogP contribution >= 0.6 is 0 Å². The van der Waals surface area contributed by atoms with E-state index in [-0.39, 0.29) is 10.9 Å². The number of ether oxygens (including phenoxy) is 1. The molecular formula is C20H21F3N2O3S. The van der Waals surface area contributed by atoms with Gasteiger partial charge in [-0.05, 0) is 48.2 Å². The van der Waals surface area contributed by atoms with Crippen molar-refractivity contribution in [3.05, 3.63) is 59.7 Å². The van der Waals surface area contributed by atoms with E-state index in [1.54, 1.807) is 0 Å². The smallest absolute Gasteiger partial charge is 0.406 e. The molecule has 1 atom stereocenters. The first-order chi connectivity index (χ1) is 13.7. The molecule has 2 aliphatic rings. The van der Waals surface area contributed by atoms with Gasteiger partial charge >= 0.3 is 6.36 Å². The highest BCUT2D eigenvalue weighted by molar-refractivity contribution is 7.89. The molecule has 0 spiro atoms. The molecule has 1 saturated heterocycles. The molecule has 9 heteroatoms. The van der Waals surface area contributed by atoms with Crippen LogP contribution in [0.15, 0.2) is 53.4 Å². The topological polar surface area (TPSA) is 49.9 Å². The van der Waals surface area contributed by atoms with Gasteiger partial charge in [0.05, 0.1) is 4.90 Å². The molecule has 0 saturated carbocycles. The van der Waals surface area contributed by atoms with Gasteiger partial charge in [0, 0.05) is 32.2 Å². The summed E-state index contributed by atoms with van der Waals surface area (Å²) in [6.07, 6.45) is -3.13. The van der Waals surface area contributed by atoms with Gasteiger partial charge in [0.15, 0.2) is 0 Å². The van der Waals surface area contributed by atoms with Crippen LogP contribution in [0, 0.1) is 0 Å². The van der Waals surface area contributed by atoms with E-state index in [9.17, 15) is 21.6 Å². The molecule has 1 fully saturated rings. The fourth-order valence-electron chi connectivity index (χ4n) is 4.02. The SMILES string of the molecule is O=S(=O)(c1ccc(OC(F)(F)F)cc1)N1CCC(N2CCc3ccccc3C2)C1. The zero-order valence-corrected chi connectivity index (χ0v) is 16.4. The zero-order valence-electron chi connectivity index (χ0n) is 15.6. The predicted molar refractivity (Wildman–Crippen MR) is 101 cm³/mol. The summed E-state index contributed by atoms with van der Waals surface area (Å²) in [5.41, 5.74) is 2.62.